The molecule has 4 aromatic carbocycles. The SMILES string of the molecule is Cc1c(-c2ccc3c(C(C)C)cccc3[n+]2C)ccc2ccc3ccccc3c12. The Morgan fingerprint density at radius 3 is 2.28 bits per heavy atom. The van der Waals surface area contributed by atoms with Gasteiger partial charge in [0.05, 0.1) is 0 Å². The fourth-order valence-corrected chi connectivity index (χ4v) is 4.78. The van der Waals surface area contributed by atoms with Gasteiger partial charge in [0.25, 0.3) is 0 Å². The maximum Gasteiger partial charge on any atom is 0.213 e. The average Bonchev–Trinajstić information content (AvgIpc) is 2.74. The third-order valence-electron chi connectivity index (χ3n) is 6.32. The van der Waals surface area contributed by atoms with Crippen molar-refractivity contribution in [2.24, 2.45) is 7.05 Å². The molecule has 0 saturated carbocycles. The van der Waals surface area contributed by atoms with E-state index in [0.29, 0.717) is 5.92 Å². The van der Waals surface area contributed by atoms with Gasteiger partial charge >= 0.3 is 0 Å². The van der Waals surface area contributed by atoms with Crippen LogP contribution in [0.5, 0.6) is 0 Å². The normalized spacial score (nSPS) is 11.8. The third-order valence-corrected chi connectivity index (χ3v) is 6.32. The Morgan fingerprint density at radius 1 is 0.690 bits per heavy atom. The molecule has 0 spiro atoms. The first-order chi connectivity index (χ1) is 14.1. The lowest BCUT2D eigenvalue weighted by Gasteiger charge is -2.13. The van der Waals surface area contributed by atoms with Crippen molar-refractivity contribution in [2.75, 3.05) is 0 Å². The molecule has 1 aromatic heterocycles. The van der Waals surface area contributed by atoms with Crippen LogP contribution < -0.4 is 4.57 Å². The number of rotatable bonds is 2. The summed E-state index contributed by atoms with van der Waals surface area (Å²) in [5.41, 5.74) is 6.59. The zero-order chi connectivity index (χ0) is 20.1. The molecule has 0 radical (unpaired) electrons. The van der Waals surface area contributed by atoms with Crippen LogP contribution in [0.2, 0.25) is 0 Å². The van der Waals surface area contributed by atoms with Crippen molar-refractivity contribution >= 4 is 32.4 Å². The Morgan fingerprint density at radius 2 is 1.45 bits per heavy atom. The summed E-state index contributed by atoms with van der Waals surface area (Å²) >= 11 is 0. The second kappa shape index (κ2) is 6.70. The summed E-state index contributed by atoms with van der Waals surface area (Å²) < 4.78 is 2.35. The van der Waals surface area contributed by atoms with Gasteiger partial charge in [-0.25, -0.2) is 0 Å². The molecule has 5 aromatic rings. The number of aromatic nitrogens is 1. The molecule has 0 unspecified atom stereocenters. The topological polar surface area (TPSA) is 3.88 Å². The molecule has 0 aliphatic carbocycles. The first-order valence-electron chi connectivity index (χ1n) is 10.4. The van der Waals surface area contributed by atoms with Gasteiger partial charge in [-0.1, -0.05) is 68.4 Å². The van der Waals surface area contributed by atoms with E-state index in [1.807, 2.05) is 0 Å². The van der Waals surface area contributed by atoms with Gasteiger partial charge in [0.2, 0.25) is 11.2 Å². The number of hydrogen-bond donors (Lipinski definition) is 0. The van der Waals surface area contributed by atoms with Crippen LogP contribution in [0, 0.1) is 6.92 Å². The minimum absolute atomic E-state index is 0.512. The largest absolute Gasteiger partial charge is 0.213 e. The standard InChI is InChI=1S/C28H26N/c1-18(2)22-10-7-11-26-25(22)16-17-27(29(26)4)23-15-14-21-13-12-20-8-5-6-9-24(20)28(21)19(23)3/h5-18H,1-4H3/q+1. The highest BCUT2D eigenvalue weighted by Gasteiger charge is 2.19. The first-order valence-corrected chi connectivity index (χ1v) is 10.4. The highest BCUT2D eigenvalue weighted by Crippen LogP contribution is 2.34. The van der Waals surface area contributed by atoms with E-state index in [1.54, 1.807) is 0 Å². The lowest BCUT2D eigenvalue weighted by atomic mass is 9.92. The van der Waals surface area contributed by atoms with Crippen molar-refractivity contribution in [1.82, 2.24) is 0 Å². The Balaban J connectivity index is 1.82. The molecule has 0 N–H and O–H groups in total. The fourth-order valence-electron chi connectivity index (χ4n) is 4.78. The maximum absolute atomic E-state index is 2.35. The second-order valence-electron chi connectivity index (χ2n) is 8.34. The van der Waals surface area contributed by atoms with Crippen LogP contribution in [-0.4, -0.2) is 0 Å². The van der Waals surface area contributed by atoms with E-state index in [0.717, 1.165) is 0 Å². The van der Waals surface area contributed by atoms with Crippen molar-refractivity contribution in [3.05, 3.63) is 90.0 Å². The van der Waals surface area contributed by atoms with E-state index in [4.69, 9.17) is 0 Å². The van der Waals surface area contributed by atoms with E-state index < -0.39 is 0 Å². The molecule has 0 aliphatic rings. The van der Waals surface area contributed by atoms with E-state index in [9.17, 15) is 0 Å². The van der Waals surface area contributed by atoms with E-state index >= 15 is 0 Å². The van der Waals surface area contributed by atoms with Crippen molar-refractivity contribution in [3.63, 3.8) is 0 Å². The molecule has 0 fully saturated rings. The van der Waals surface area contributed by atoms with Crippen molar-refractivity contribution in [1.29, 1.82) is 0 Å². The van der Waals surface area contributed by atoms with E-state index in [-0.39, 0.29) is 0 Å². The Hall–Kier alpha value is -3.19. The number of nitrogens with zero attached hydrogens (tertiary/aromatic N) is 1. The van der Waals surface area contributed by atoms with Crippen molar-refractivity contribution in [2.45, 2.75) is 26.7 Å². The predicted molar refractivity (Wildman–Crippen MR) is 124 cm³/mol. The molecule has 0 aliphatic heterocycles. The molecule has 0 saturated heterocycles. The summed E-state index contributed by atoms with van der Waals surface area (Å²) in [5.74, 6) is 0.512. The second-order valence-corrected chi connectivity index (χ2v) is 8.34. The summed E-state index contributed by atoms with van der Waals surface area (Å²) in [6.07, 6.45) is 0. The van der Waals surface area contributed by atoms with Gasteiger partial charge in [0, 0.05) is 23.1 Å². The lowest BCUT2D eigenvalue weighted by Crippen LogP contribution is -2.32. The van der Waals surface area contributed by atoms with Crippen LogP contribution in [0.4, 0.5) is 0 Å². The molecule has 0 bridgehead atoms. The van der Waals surface area contributed by atoms with Crippen LogP contribution in [-0.2, 0) is 7.05 Å². The van der Waals surface area contributed by atoms with Gasteiger partial charge in [-0.2, -0.15) is 4.57 Å². The Bertz CT molecular complexity index is 1390. The van der Waals surface area contributed by atoms with Crippen LogP contribution in [0.15, 0.2) is 78.9 Å². The van der Waals surface area contributed by atoms with Crippen molar-refractivity contribution in [3.8, 4) is 11.3 Å². The Labute approximate surface area is 172 Å². The monoisotopic (exact) mass is 376 g/mol. The van der Waals surface area contributed by atoms with Gasteiger partial charge in [0.1, 0.15) is 7.05 Å². The minimum atomic E-state index is 0.512. The number of hydrogen-bond acceptors (Lipinski definition) is 0. The molecular weight excluding hydrogens is 350 g/mol. The highest BCUT2D eigenvalue weighted by atomic mass is 14.9. The highest BCUT2D eigenvalue weighted by molar-refractivity contribution is 6.10. The number of pyridine rings is 1. The molecule has 0 atom stereocenters. The van der Waals surface area contributed by atoms with E-state index in [1.165, 1.54) is 54.8 Å². The van der Waals surface area contributed by atoms with Crippen LogP contribution in [0.1, 0.15) is 30.9 Å². The van der Waals surface area contributed by atoms with Gasteiger partial charge in [-0.15, -0.1) is 0 Å². The summed E-state index contributed by atoms with van der Waals surface area (Å²) in [5, 5.41) is 6.63. The van der Waals surface area contributed by atoms with Crippen LogP contribution >= 0.6 is 0 Å². The molecular formula is C28H26N+. The van der Waals surface area contributed by atoms with Gasteiger partial charge < -0.3 is 0 Å². The molecule has 5 rings (SSSR count). The molecule has 1 nitrogen and oxygen atoms in total. The molecule has 1 heterocycles. The zero-order valence-corrected chi connectivity index (χ0v) is 17.5. The van der Waals surface area contributed by atoms with Crippen LogP contribution in [0.25, 0.3) is 43.7 Å². The molecule has 1 heteroatoms. The molecule has 142 valence electrons. The predicted octanol–water partition coefficient (Wildman–Crippen LogP) is 7.07. The number of fused-ring (bicyclic) bond motifs is 4. The smallest absolute Gasteiger partial charge is 0.194 e. The van der Waals surface area contributed by atoms with Gasteiger partial charge in [-0.3, -0.25) is 0 Å². The van der Waals surface area contributed by atoms with Crippen LogP contribution in [0.3, 0.4) is 0 Å². The number of benzene rings is 4. The summed E-state index contributed by atoms with van der Waals surface area (Å²) in [4.78, 5) is 0. The fraction of sp³-hybridized carbons (Fsp3) is 0.179. The average molecular weight is 377 g/mol. The molecule has 0 amide bonds. The summed E-state index contributed by atoms with van der Waals surface area (Å²) in [6, 6.07) is 28.9. The van der Waals surface area contributed by atoms with Crippen molar-refractivity contribution < 1.29 is 4.57 Å². The minimum Gasteiger partial charge on any atom is -0.194 e. The van der Waals surface area contributed by atoms with Gasteiger partial charge in [-0.05, 0) is 57.6 Å². The van der Waals surface area contributed by atoms with Gasteiger partial charge in [0.15, 0.2) is 0 Å². The summed E-state index contributed by atoms with van der Waals surface area (Å²) in [7, 11) is 2.19. The zero-order valence-electron chi connectivity index (χ0n) is 17.5. The first kappa shape index (κ1) is 17.9. The lowest BCUT2D eigenvalue weighted by molar-refractivity contribution is -0.633. The Kier molecular flexibility index (Phi) is 4.13. The third kappa shape index (κ3) is 2.73. The quantitative estimate of drug-likeness (QED) is 0.229. The molecule has 29 heavy (non-hydrogen) atoms. The van der Waals surface area contributed by atoms with E-state index in [2.05, 4.69) is 111 Å². The number of aryl methyl sites for hydroxylation is 2. The maximum atomic E-state index is 2.35. The summed E-state index contributed by atoms with van der Waals surface area (Å²) in [6.45, 7) is 6.79.